The summed E-state index contributed by atoms with van der Waals surface area (Å²) in [6, 6.07) is 17.7. The maximum absolute atomic E-state index is 13.2. The van der Waals surface area contributed by atoms with Crippen molar-refractivity contribution in [2.45, 2.75) is 12.2 Å². The van der Waals surface area contributed by atoms with Crippen molar-refractivity contribution < 1.29 is 28.8 Å². The number of fused-ring (bicyclic) bond motifs is 2. The van der Waals surface area contributed by atoms with Gasteiger partial charge in [0.15, 0.2) is 11.5 Å². The standard InChI is InChI=1S/C25H18N2O6S/c1-30-17-6-4-16(5-7-17)25(29)18(10-14-2-8-19-20(11-14)27-34-26-19)23(24(28)33-25)15-3-9-21-22(12-15)32-13-31-21/h2-9,11-12,29H,10,13H2,1H3. The highest BCUT2D eigenvalue weighted by molar-refractivity contribution is 7.00. The molecule has 6 rings (SSSR count). The number of benzene rings is 3. The quantitative estimate of drug-likeness (QED) is 0.436. The molecule has 0 amide bonds. The minimum atomic E-state index is -1.95. The Balaban J connectivity index is 1.51. The molecule has 0 radical (unpaired) electrons. The van der Waals surface area contributed by atoms with Gasteiger partial charge in [-0.25, -0.2) is 4.79 Å². The lowest BCUT2D eigenvalue weighted by Gasteiger charge is -2.26. The lowest BCUT2D eigenvalue weighted by molar-refractivity contribution is -0.185. The van der Waals surface area contributed by atoms with Gasteiger partial charge in [0.2, 0.25) is 6.79 Å². The van der Waals surface area contributed by atoms with Gasteiger partial charge in [0.25, 0.3) is 5.79 Å². The molecule has 1 N–H and O–H groups in total. The number of hydrogen-bond donors (Lipinski definition) is 1. The fraction of sp³-hybridized carbons (Fsp3) is 0.160. The molecule has 34 heavy (non-hydrogen) atoms. The molecule has 8 nitrogen and oxygen atoms in total. The van der Waals surface area contributed by atoms with E-state index in [1.165, 1.54) is 0 Å². The number of cyclic esters (lactones) is 1. The van der Waals surface area contributed by atoms with Crippen molar-refractivity contribution in [1.82, 2.24) is 8.75 Å². The van der Waals surface area contributed by atoms with Crippen molar-refractivity contribution in [3.63, 3.8) is 0 Å². The van der Waals surface area contributed by atoms with Crippen molar-refractivity contribution in [2.24, 2.45) is 0 Å². The molecule has 9 heteroatoms. The molecule has 2 aliphatic heterocycles. The van der Waals surface area contributed by atoms with Gasteiger partial charge in [0.05, 0.1) is 24.4 Å². The van der Waals surface area contributed by atoms with Crippen molar-refractivity contribution in [3.05, 3.63) is 82.9 Å². The van der Waals surface area contributed by atoms with Crippen molar-refractivity contribution >= 4 is 34.3 Å². The average Bonchev–Trinajstić information content (AvgIpc) is 3.57. The van der Waals surface area contributed by atoms with Crippen molar-refractivity contribution in [1.29, 1.82) is 0 Å². The Hall–Kier alpha value is -3.95. The number of nitrogens with zero attached hydrogens (tertiary/aromatic N) is 2. The highest BCUT2D eigenvalue weighted by Gasteiger charge is 2.48. The van der Waals surface area contributed by atoms with Crippen LogP contribution in [0.1, 0.15) is 16.7 Å². The largest absolute Gasteiger partial charge is 0.497 e. The zero-order valence-corrected chi connectivity index (χ0v) is 18.8. The predicted octanol–water partition coefficient (Wildman–Crippen LogP) is 3.83. The van der Waals surface area contributed by atoms with E-state index in [9.17, 15) is 9.90 Å². The van der Waals surface area contributed by atoms with Crippen LogP contribution in [0.3, 0.4) is 0 Å². The van der Waals surface area contributed by atoms with E-state index in [1.54, 1.807) is 49.6 Å². The SMILES string of the molecule is COc1ccc(C2(O)OC(=O)C(c3ccc4c(c3)OCO4)=C2Cc2ccc3nsnc3c2)cc1. The van der Waals surface area contributed by atoms with Crippen LogP contribution in [0.2, 0.25) is 0 Å². The number of esters is 1. The Morgan fingerprint density at radius 3 is 2.62 bits per heavy atom. The molecular weight excluding hydrogens is 456 g/mol. The third-order valence-electron chi connectivity index (χ3n) is 6.00. The third kappa shape index (κ3) is 3.28. The van der Waals surface area contributed by atoms with Crippen LogP contribution < -0.4 is 14.2 Å². The lowest BCUT2D eigenvalue weighted by Crippen LogP contribution is -2.29. The summed E-state index contributed by atoms with van der Waals surface area (Å²) >= 11 is 1.14. The van der Waals surface area contributed by atoms with Crippen LogP contribution in [0.5, 0.6) is 17.2 Å². The van der Waals surface area contributed by atoms with Gasteiger partial charge in [-0.1, -0.05) is 12.1 Å². The van der Waals surface area contributed by atoms with E-state index >= 15 is 0 Å². The van der Waals surface area contributed by atoms with Crippen LogP contribution in [0.25, 0.3) is 16.6 Å². The number of ether oxygens (including phenoxy) is 4. The second kappa shape index (κ2) is 7.82. The fourth-order valence-corrected chi connectivity index (χ4v) is 4.80. The Morgan fingerprint density at radius 2 is 1.79 bits per heavy atom. The molecule has 4 aromatic rings. The van der Waals surface area contributed by atoms with E-state index < -0.39 is 11.8 Å². The Bertz CT molecular complexity index is 1460. The van der Waals surface area contributed by atoms with Crippen LogP contribution in [0.15, 0.2) is 66.2 Å². The van der Waals surface area contributed by atoms with E-state index in [-0.39, 0.29) is 18.8 Å². The van der Waals surface area contributed by atoms with E-state index in [0.717, 1.165) is 28.3 Å². The van der Waals surface area contributed by atoms with Crippen molar-refractivity contribution in [3.8, 4) is 17.2 Å². The molecule has 2 aliphatic rings. The average molecular weight is 474 g/mol. The highest BCUT2D eigenvalue weighted by atomic mass is 32.1. The van der Waals surface area contributed by atoms with Crippen molar-refractivity contribution in [2.75, 3.05) is 13.9 Å². The van der Waals surface area contributed by atoms with Gasteiger partial charge in [-0.2, -0.15) is 8.75 Å². The molecule has 1 atom stereocenters. The van der Waals surface area contributed by atoms with Crippen LogP contribution in [-0.2, 0) is 21.7 Å². The van der Waals surface area contributed by atoms with Gasteiger partial charge in [-0.05, 0) is 59.7 Å². The second-order valence-electron chi connectivity index (χ2n) is 7.95. The monoisotopic (exact) mass is 474 g/mol. The molecule has 3 heterocycles. The summed E-state index contributed by atoms with van der Waals surface area (Å²) in [4.78, 5) is 13.2. The van der Waals surface area contributed by atoms with E-state index in [1.807, 2.05) is 18.2 Å². The Labute approximate surface area is 198 Å². The summed E-state index contributed by atoms with van der Waals surface area (Å²) in [5, 5.41) is 11.8. The van der Waals surface area contributed by atoms with Gasteiger partial charge >= 0.3 is 5.97 Å². The van der Waals surface area contributed by atoms with Gasteiger partial charge in [0.1, 0.15) is 16.8 Å². The van der Waals surface area contributed by atoms with E-state index in [0.29, 0.717) is 33.9 Å². The van der Waals surface area contributed by atoms with Gasteiger partial charge in [-0.3, -0.25) is 0 Å². The maximum atomic E-state index is 13.2. The topological polar surface area (TPSA) is 100 Å². The minimum Gasteiger partial charge on any atom is -0.497 e. The molecule has 1 aromatic heterocycles. The van der Waals surface area contributed by atoms with Crippen LogP contribution in [0.4, 0.5) is 0 Å². The first-order valence-corrected chi connectivity index (χ1v) is 11.2. The molecule has 0 aliphatic carbocycles. The lowest BCUT2D eigenvalue weighted by atomic mass is 9.88. The summed E-state index contributed by atoms with van der Waals surface area (Å²) in [5.74, 6) is -0.816. The predicted molar refractivity (Wildman–Crippen MR) is 124 cm³/mol. The smallest absolute Gasteiger partial charge is 0.342 e. The first-order valence-electron chi connectivity index (χ1n) is 10.5. The Kier molecular flexibility index (Phi) is 4.75. The number of carbonyl (C=O) groups is 1. The van der Waals surface area contributed by atoms with Gasteiger partial charge in [-0.15, -0.1) is 0 Å². The molecule has 0 bridgehead atoms. The highest BCUT2D eigenvalue weighted by Crippen LogP contribution is 2.46. The molecule has 0 saturated heterocycles. The summed E-state index contributed by atoms with van der Waals surface area (Å²) in [7, 11) is 1.56. The first kappa shape index (κ1) is 20.6. The fourth-order valence-electron chi connectivity index (χ4n) is 4.28. The van der Waals surface area contributed by atoms with Gasteiger partial charge in [0, 0.05) is 17.6 Å². The summed E-state index contributed by atoms with van der Waals surface area (Å²) in [6.45, 7) is 0.118. The molecule has 0 spiro atoms. The second-order valence-corrected chi connectivity index (χ2v) is 8.48. The normalized spacial score (nSPS) is 19.1. The van der Waals surface area contributed by atoms with Crippen LogP contribution in [-0.4, -0.2) is 33.7 Å². The summed E-state index contributed by atoms with van der Waals surface area (Å²) < 4.78 is 30.3. The number of hydrogen-bond acceptors (Lipinski definition) is 9. The summed E-state index contributed by atoms with van der Waals surface area (Å²) in [6.07, 6.45) is 0.255. The molecule has 170 valence electrons. The van der Waals surface area contributed by atoms with E-state index in [4.69, 9.17) is 18.9 Å². The molecular formula is C25H18N2O6S. The number of rotatable bonds is 5. The van der Waals surface area contributed by atoms with Crippen LogP contribution >= 0.6 is 11.7 Å². The molecule has 1 unspecified atom stereocenters. The van der Waals surface area contributed by atoms with Gasteiger partial charge < -0.3 is 24.1 Å². The number of aromatic nitrogens is 2. The van der Waals surface area contributed by atoms with E-state index in [2.05, 4.69) is 8.75 Å². The van der Waals surface area contributed by atoms with Crippen LogP contribution in [0, 0.1) is 0 Å². The number of methoxy groups -OCH3 is 1. The summed E-state index contributed by atoms with van der Waals surface area (Å²) in [5.41, 5.74) is 4.11. The molecule has 0 fully saturated rings. The Morgan fingerprint density at radius 1 is 1.00 bits per heavy atom. The molecule has 0 saturated carbocycles. The third-order valence-corrected chi connectivity index (χ3v) is 6.55. The zero-order chi connectivity index (χ0) is 23.3. The first-order chi connectivity index (χ1) is 16.5. The minimum absolute atomic E-state index is 0.118. The number of aliphatic hydroxyl groups is 1. The zero-order valence-electron chi connectivity index (χ0n) is 18.0. The number of carbonyl (C=O) groups excluding carboxylic acids is 1. The maximum Gasteiger partial charge on any atom is 0.342 e. The molecule has 3 aromatic carbocycles.